The SMILES string of the molecule is CNc1ccc([N+](=O)[O-])c(-c2cc(C#N)ccc2OC)n1. The van der Waals surface area contributed by atoms with Crippen molar-refractivity contribution in [2.75, 3.05) is 19.5 Å². The second-order valence-corrected chi connectivity index (χ2v) is 4.10. The number of anilines is 1. The van der Waals surface area contributed by atoms with Crippen LogP contribution in [0.15, 0.2) is 30.3 Å². The third-order valence-electron chi connectivity index (χ3n) is 2.91. The van der Waals surface area contributed by atoms with Crippen molar-refractivity contribution in [3.05, 3.63) is 46.0 Å². The van der Waals surface area contributed by atoms with Gasteiger partial charge in [0.2, 0.25) is 0 Å². The van der Waals surface area contributed by atoms with E-state index in [1.807, 2.05) is 6.07 Å². The van der Waals surface area contributed by atoms with Crippen LogP contribution in [0, 0.1) is 21.4 Å². The Balaban J connectivity index is 2.75. The van der Waals surface area contributed by atoms with E-state index in [-0.39, 0.29) is 11.4 Å². The van der Waals surface area contributed by atoms with Gasteiger partial charge in [0.15, 0.2) is 5.69 Å². The van der Waals surface area contributed by atoms with Crippen LogP contribution in [0.5, 0.6) is 5.75 Å². The van der Waals surface area contributed by atoms with E-state index >= 15 is 0 Å². The molecule has 0 bridgehead atoms. The molecule has 7 nitrogen and oxygen atoms in total. The summed E-state index contributed by atoms with van der Waals surface area (Å²) in [5.74, 6) is 0.901. The molecule has 0 aliphatic rings. The maximum atomic E-state index is 11.2. The van der Waals surface area contributed by atoms with Gasteiger partial charge in [0.25, 0.3) is 5.69 Å². The summed E-state index contributed by atoms with van der Waals surface area (Å²) in [5.41, 5.74) is 0.778. The lowest BCUT2D eigenvalue weighted by Gasteiger charge is -2.10. The molecule has 0 unspecified atom stereocenters. The molecular weight excluding hydrogens is 272 g/mol. The van der Waals surface area contributed by atoms with Crippen molar-refractivity contribution in [3.63, 3.8) is 0 Å². The van der Waals surface area contributed by atoms with E-state index in [0.29, 0.717) is 22.7 Å². The lowest BCUT2D eigenvalue weighted by Crippen LogP contribution is -2.00. The minimum Gasteiger partial charge on any atom is -0.496 e. The van der Waals surface area contributed by atoms with E-state index < -0.39 is 4.92 Å². The number of methoxy groups -OCH3 is 1. The Kier molecular flexibility index (Phi) is 4.00. The summed E-state index contributed by atoms with van der Waals surface area (Å²) in [5, 5.41) is 23.0. The predicted molar refractivity (Wildman–Crippen MR) is 77.1 cm³/mol. The normalized spacial score (nSPS) is 9.76. The molecule has 106 valence electrons. The van der Waals surface area contributed by atoms with Crippen molar-refractivity contribution in [1.29, 1.82) is 5.26 Å². The van der Waals surface area contributed by atoms with Crippen molar-refractivity contribution in [1.82, 2.24) is 4.98 Å². The first-order valence-electron chi connectivity index (χ1n) is 6.02. The molecule has 1 aromatic carbocycles. The molecule has 0 aliphatic heterocycles. The fraction of sp³-hybridized carbons (Fsp3) is 0.143. The number of hydrogen-bond donors (Lipinski definition) is 1. The van der Waals surface area contributed by atoms with Crippen molar-refractivity contribution in [2.45, 2.75) is 0 Å². The number of ether oxygens (including phenoxy) is 1. The van der Waals surface area contributed by atoms with Crippen molar-refractivity contribution in [2.24, 2.45) is 0 Å². The zero-order valence-corrected chi connectivity index (χ0v) is 11.5. The van der Waals surface area contributed by atoms with Crippen LogP contribution in [0.1, 0.15) is 5.56 Å². The average molecular weight is 284 g/mol. The van der Waals surface area contributed by atoms with E-state index in [1.54, 1.807) is 19.2 Å². The van der Waals surface area contributed by atoms with Crippen LogP contribution in [0.25, 0.3) is 11.3 Å². The highest BCUT2D eigenvalue weighted by Gasteiger charge is 2.21. The van der Waals surface area contributed by atoms with Gasteiger partial charge in [-0.1, -0.05) is 0 Å². The first-order valence-corrected chi connectivity index (χ1v) is 6.02. The summed E-state index contributed by atoms with van der Waals surface area (Å²) in [7, 11) is 3.12. The van der Waals surface area contributed by atoms with Gasteiger partial charge in [0, 0.05) is 13.1 Å². The predicted octanol–water partition coefficient (Wildman–Crippen LogP) is 2.58. The first kappa shape index (κ1) is 14.3. The van der Waals surface area contributed by atoms with Crippen LogP contribution in [0.2, 0.25) is 0 Å². The monoisotopic (exact) mass is 284 g/mol. The van der Waals surface area contributed by atoms with Gasteiger partial charge in [-0.05, 0) is 24.3 Å². The molecule has 0 spiro atoms. The van der Waals surface area contributed by atoms with Crippen molar-refractivity contribution in [3.8, 4) is 23.1 Å². The lowest BCUT2D eigenvalue weighted by atomic mass is 10.1. The van der Waals surface area contributed by atoms with E-state index in [9.17, 15) is 10.1 Å². The molecule has 0 atom stereocenters. The Labute approximate surface area is 121 Å². The molecular formula is C14H12N4O3. The molecule has 0 saturated carbocycles. The topological polar surface area (TPSA) is 101 Å². The fourth-order valence-corrected chi connectivity index (χ4v) is 1.90. The number of aromatic nitrogens is 1. The number of benzene rings is 1. The fourth-order valence-electron chi connectivity index (χ4n) is 1.90. The highest BCUT2D eigenvalue weighted by Crippen LogP contribution is 2.36. The Morgan fingerprint density at radius 1 is 1.38 bits per heavy atom. The van der Waals surface area contributed by atoms with Gasteiger partial charge in [0.1, 0.15) is 11.6 Å². The van der Waals surface area contributed by atoms with Crippen LogP contribution in [0.4, 0.5) is 11.5 Å². The summed E-state index contributed by atoms with van der Waals surface area (Å²) in [6, 6.07) is 9.57. The van der Waals surface area contributed by atoms with Gasteiger partial charge in [-0.3, -0.25) is 10.1 Å². The molecule has 0 amide bonds. The third-order valence-corrected chi connectivity index (χ3v) is 2.91. The number of hydrogen-bond acceptors (Lipinski definition) is 6. The quantitative estimate of drug-likeness (QED) is 0.684. The third kappa shape index (κ3) is 2.74. The second-order valence-electron chi connectivity index (χ2n) is 4.10. The van der Waals surface area contributed by atoms with E-state index in [0.717, 1.165) is 0 Å². The van der Waals surface area contributed by atoms with E-state index in [1.165, 1.54) is 25.3 Å². The molecule has 0 radical (unpaired) electrons. The number of nitriles is 1. The minimum absolute atomic E-state index is 0.151. The van der Waals surface area contributed by atoms with Gasteiger partial charge < -0.3 is 10.1 Å². The van der Waals surface area contributed by atoms with Crippen LogP contribution in [-0.4, -0.2) is 24.1 Å². The molecule has 21 heavy (non-hydrogen) atoms. The lowest BCUT2D eigenvalue weighted by molar-refractivity contribution is -0.384. The molecule has 1 aromatic heterocycles. The Morgan fingerprint density at radius 3 is 2.71 bits per heavy atom. The largest absolute Gasteiger partial charge is 0.496 e. The Morgan fingerprint density at radius 2 is 2.14 bits per heavy atom. The van der Waals surface area contributed by atoms with Gasteiger partial charge in [-0.25, -0.2) is 4.98 Å². The van der Waals surface area contributed by atoms with Gasteiger partial charge in [-0.15, -0.1) is 0 Å². The zero-order chi connectivity index (χ0) is 15.4. The standard InChI is InChI=1S/C14H12N4O3/c1-16-13-6-4-11(18(19)20)14(17-13)10-7-9(8-15)3-5-12(10)21-2/h3-7H,1-2H3,(H,16,17). The van der Waals surface area contributed by atoms with Gasteiger partial charge in [-0.2, -0.15) is 5.26 Å². The van der Waals surface area contributed by atoms with Crippen LogP contribution in [-0.2, 0) is 0 Å². The highest BCUT2D eigenvalue weighted by molar-refractivity contribution is 5.77. The Bertz CT molecular complexity index is 737. The van der Waals surface area contributed by atoms with Crippen LogP contribution < -0.4 is 10.1 Å². The Hall–Kier alpha value is -3.14. The number of nitrogens with zero attached hydrogens (tertiary/aromatic N) is 3. The van der Waals surface area contributed by atoms with Gasteiger partial charge >= 0.3 is 0 Å². The smallest absolute Gasteiger partial charge is 0.295 e. The van der Waals surface area contributed by atoms with Crippen molar-refractivity contribution >= 4 is 11.5 Å². The molecule has 2 aromatic rings. The molecule has 7 heteroatoms. The van der Waals surface area contributed by atoms with Crippen LogP contribution in [0.3, 0.4) is 0 Å². The average Bonchev–Trinajstić information content (AvgIpc) is 2.53. The summed E-state index contributed by atoms with van der Waals surface area (Å²) < 4.78 is 5.22. The van der Waals surface area contributed by atoms with Crippen molar-refractivity contribution < 1.29 is 9.66 Å². The second kappa shape index (κ2) is 5.88. The zero-order valence-electron chi connectivity index (χ0n) is 11.5. The summed E-state index contributed by atoms with van der Waals surface area (Å²) >= 11 is 0. The molecule has 2 rings (SSSR count). The maximum Gasteiger partial charge on any atom is 0.295 e. The van der Waals surface area contributed by atoms with E-state index in [4.69, 9.17) is 10.00 Å². The molecule has 0 aliphatic carbocycles. The molecule has 0 fully saturated rings. The summed E-state index contributed by atoms with van der Waals surface area (Å²) in [6.45, 7) is 0. The summed E-state index contributed by atoms with van der Waals surface area (Å²) in [4.78, 5) is 14.9. The first-order chi connectivity index (χ1) is 10.1. The number of rotatable bonds is 4. The molecule has 1 heterocycles. The highest BCUT2D eigenvalue weighted by atomic mass is 16.6. The van der Waals surface area contributed by atoms with E-state index in [2.05, 4.69) is 10.3 Å². The number of nitrogens with one attached hydrogen (secondary N) is 1. The number of nitro groups is 1. The minimum atomic E-state index is -0.514. The molecule has 0 saturated heterocycles. The molecule has 1 N–H and O–H groups in total. The number of pyridine rings is 1. The van der Waals surface area contributed by atoms with Gasteiger partial charge in [0.05, 0.1) is 29.2 Å². The maximum absolute atomic E-state index is 11.2. The van der Waals surface area contributed by atoms with Crippen LogP contribution >= 0.6 is 0 Å². The summed E-state index contributed by atoms with van der Waals surface area (Å²) in [6.07, 6.45) is 0.